The number of halogens is 3. The van der Waals surface area contributed by atoms with Crippen LogP contribution in [0.3, 0.4) is 0 Å². The molecule has 0 aromatic carbocycles. The summed E-state index contributed by atoms with van der Waals surface area (Å²) < 4.78 is 36.9. The molecule has 0 spiro atoms. The van der Waals surface area contributed by atoms with Crippen molar-refractivity contribution in [2.24, 2.45) is 10.9 Å². The molecule has 0 N–H and O–H groups in total. The van der Waals surface area contributed by atoms with Gasteiger partial charge in [-0.3, -0.25) is 4.99 Å². The zero-order valence-corrected chi connectivity index (χ0v) is 11.5. The Morgan fingerprint density at radius 1 is 1.42 bits per heavy atom. The van der Waals surface area contributed by atoms with Gasteiger partial charge in [0.25, 0.3) is 0 Å². The highest BCUT2D eigenvalue weighted by Gasteiger charge is 2.30. The number of carbonyl (C=O) groups excluding carboxylic acids is 1. The molecule has 1 unspecified atom stereocenters. The van der Waals surface area contributed by atoms with Crippen molar-refractivity contribution in [2.45, 2.75) is 46.2 Å². The quantitative estimate of drug-likeness (QED) is 0.630. The first kappa shape index (κ1) is 17.6. The number of aliphatic imine (C=N–C) groups is 1. The van der Waals surface area contributed by atoms with Crippen molar-refractivity contribution in [1.82, 2.24) is 0 Å². The summed E-state index contributed by atoms with van der Waals surface area (Å²) in [5.74, 6) is -0.132. The van der Waals surface area contributed by atoms with E-state index in [4.69, 9.17) is 0 Å². The van der Waals surface area contributed by atoms with Crippen LogP contribution in [0.4, 0.5) is 13.2 Å². The molecule has 0 heterocycles. The molecule has 0 saturated carbocycles. The number of rotatable bonds is 7. The molecule has 2 nitrogen and oxygen atoms in total. The first-order valence-corrected chi connectivity index (χ1v) is 6.18. The first-order chi connectivity index (χ1) is 8.72. The Morgan fingerprint density at radius 3 is 2.37 bits per heavy atom. The number of ketones is 1. The van der Waals surface area contributed by atoms with E-state index in [0.29, 0.717) is 12.1 Å². The van der Waals surface area contributed by atoms with E-state index in [1.165, 1.54) is 6.92 Å². The summed E-state index contributed by atoms with van der Waals surface area (Å²) in [5, 5.41) is 0. The maximum atomic E-state index is 12.3. The summed E-state index contributed by atoms with van der Waals surface area (Å²) >= 11 is 0. The molecule has 0 amide bonds. The second-order valence-electron chi connectivity index (χ2n) is 4.39. The third-order valence-corrected chi connectivity index (χ3v) is 2.62. The highest BCUT2D eigenvalue weighted by atomic mass is 19.4. The van der Waals surface area contributed by atoms with Gasteiger partial charge in [-0.25, -0.2) is 0 Å². The highest BCUT2D eigenvalue weighted by Crippen LogP contribution is 2.25. The fourth-order valence-corrected chi connectivity index (χ4v) is 1.69. The van der Waals surface area contributed by atoms with Crippen molar-refractivity contribution in [3.63, 3.8) is 0 Å². The van der Waals surface area contributed by atoms with Crippen LogP contribution in [0.5, 0.6) is 0 Å². The molecule has 0 aromatic heterocycles. The number of hydrogen-bond donors (Lipinski definition) is 0. The Labute approximate surface area is 112 Å². The van der Waals surface area contributed by atoms with Crippen molar-refractivity contribution in [3.8, 4) is 0 Å². The van der Waals surface area contributed by atoms with Crippen LogP contribution < -0.4 is 0 Å². The number of allylic oxidation sites excluding steroid dienone is 3. The molecule has 0 saturated heterocycles. The van der Waals surface area contributed by atoms with Crippen LogP contribution >= 0.6 is 0 Å². The molecule has 5 heteroatoms. The molecule has 0 aliphatic rings. The summed E-state index contributed by atoms with van der Waals surface area (Å²) in [6, 6.07) is 0. The van der Waals surface area contributed by atoms with E-state index in [2.05, 4.69) is 11.6 Å². The molecule has 0 aliphatic heterocycles. The van der Waals surface area contributed by atoms with E-state index < -0.39 is 11.7 Å². The highest BCUT2D eigenvalue weighted by molar-refractivity contribution is 5.80. The van der Waals surface area contributed by atoms with Crippen LogP contribution in [0.25, 0.3) is 0 Å². The average Bonchev–Trinajstić information content (AvgIpc) is 2.27. The predicted octanol–water partition coefficient (Wildman–Crippen LogP) is 4.47. The molecular weight excluding hydrogens is 255 g/mol. The molecule has 0 fully saturated rings. The second kappa shape index (κ2) is 7.92. The number of Topliss-reactive ketones (excluding diaryl/α,β-unsaturated/α-hetero) is 1. The third-order valence-electron chi connectivity index (χ3n) is 2.62. The van der Waals surface area contributed by atoms with Crippen LogP contribution in [0.15, 0.2) is 28.9 Å². The summed E-state index contributed by atoms with van der Waals surface area (Å²) in [6.45, 7) is 8.05. The zero-order valence-electron chi connectivity index (χ0n) is 11.5. The van der Waals surface area contributed by atoms with Gasteiger partial charge in [-0.15, -0.1) is 0 Å². The van der Waals surface area contributed by atoms with E-state index in [0.717, 1.165) is 19.1 Å². The predicted molar refractivity (Wildman–Crippen MR) is 71.1 cm³/mol. The molecule has 1 atom stereocenters. The van der Waals surface area contributed by atoms with Crippen molar-refractivity contribution < 1.29 is 18.0 Å². The number of alkyl halides is 3. The van der Waals surface area contributed by atoms with Crippen LogP contribution in [0, 0.1) is 5.92 Å². The average molecular weight is 275 g/mol. The zero-order chi connectivity index (χ0) is 15.1. The third kappa shape index (κ3) is 6.94. The fourth-order valence-electron chi connectivity index (χ4n) is 1.69. The maximum Gasteiger partial charge on any atom is 0.417 e. The van der Waals surface area contributed by atoms with Crippen LogP contribution in [-0.4, -0.2) is 18.2 Å². The van der Waals surface area contributed by atoms with Gasteiger partial charge in [-0.2, -0.15) is 13.2 Å². The van der Waals surface area contributed by atoms with Gasteiger partial charge >= 0.3 is 6.18 Å². The standard InChI is InChI=1S/C14H20F3NO/c1-5-7-12(8-11(4)19)13(6-2)18-9-10(3)14(15,16)17/h6,9,12H,3,5,7-8H2,1-2,4H3/b13-6-,18-9?. The van der Waals surface area contributed by atoms with E-state index >= 15 is 0 Å². The van der Waals surface area contributed by atoms with Gasteiger partial charge < -0.3 is 4.79 Å². The minimum Gasteiger partial charge on any atom is -0.300 e. The molecule has 0 aromatic rings. The topological polar surface area (TPSA) is 29.4 Å². The van der Waals surface area contributed by atoms with Crippen LogP contribution in [0.1, 0.15) is 40.0 Å². The first-order valence-electron chi connectivity index (χ1n) is 6.18. The molecular formula is C14H20F3NO. The van der Waals surface area contributed by atoms with Crippen molar-refractivity contribution in [3.05, 3.63) is 23.9 Å². The summed E-state index contributed by atoms with van der Waals surface area (Å²) in [7, 11) is 0. The van der Waals surface area contributed by atoms with Crippen LogP contribution in [0.2, 0.25) is 0 Å². The summed E-state index contributed by atoms with van der Waals surface area (Å²) in [5.41, 5.74) is -0.493. The Kier molecular flexibility index (Phi) is 7.34. The molecule has 0 aliphatic carbocycles. The lowest BCUT2D eigenvalue weighted by molar-refractivity contribution is -0.117. The summed E-state index contributed by atoms with van der Waals surface area (Å²) in [4.78, 5) is 15.0. The second-order valence-corrected chi connectivity index (χ2v) is 4.39. The maximum absolute atomic E-state index is 12.3. The van der Waals surface area contributed by atoms with Gasteiger partial charge in [-0.05, 0) is 20.3 Å². The van der Waals surface area contributed by atoms with Gasteiger partial charge in [0.2, 0.25) is 0 Å². The Morgan fingerprint density at radius 2 is 2.00 bits per heavy atom. The number of nitrogens with zero attached hydrogens (tertiary/aromatic N) is 1. The largest absolute Gasteiger partial charge is 0.417 e. The Balaban J connectivity index is 4.94. The van der Waals surface area contributed by atoms with Crippen LogP contribution in [-0.2, 0) is 4.79 Å². The summed E-state index contributed by atoms with van der Waals surface area (Å²) in [6.07, 6.45) is -0.256. The number of carbonyl (C=O) groups is 1. The van der Waals surface area contributed by atoms with E-state index in [9.17, 15) is 18.0 Å². The normalized spacial score (nSPS) is 14.7. The van der Waals surface area contributed by atoms with E-state index in [1.54, 1.807) is 13.0 Å². The molecule has 108 valence electrons. The number of hydrogen-bond acceptors (Lipinski definition) is 2. The lowest BCUT2D eigenvalue weighted by Gasteiger charge is -2.15. The minimum absolute atomic E-state index is 0.00245. The van der Waals surface area contributed by atoms with Gasteiger partial charge in [0, 0.05) is 24.3 Å². The molecule has 0 bridgehead atoms. The van der Waals surface area contributed by atoms with Gasteiger partial charge in [0.05, 0.1) is 5.57 Å². The van der Waals surface area contributed by atoms with Crippen molar-refractivity contribution in [1.29, 1.82) is 0 Å². The molecule has 19 heavy (non-hydrogen) atoms. The Bertz CT molecular complexity index is 381. The fraction of sp³-hybridized carbons (Fsp3) is 0.571. The van der Waals surface area contributed by atoms with Gasteiger partial charge in [0.1, 0.15) is 5.78 Å². The molecule has 0 radical (unpaired) electrons. The van der Waals surface area contributed by atoms with E-state index in [-0.39, 0.29) is 11.7 Å². The van der Waals surface area contributed by atoms with Crippen molar-refractivity contribution in [2.75, 3.05) is 0 Å². The smallest absolute Gasteiger partial charge is 0.300 e. The van der Waals surface area contributed by atoms with Crippen molar-refractivity contribution >= 4 is 12.0 Å². The van der Waals surface area contributed by atoms with E-state index in [1.807, 2.05) is 6.92 Å². The minimum atomic E-state index is -4.47. The molecule has 0 rings (SSSR count). The monoisotopic (exact) mass is 275 g/mol. The lowest BCUT2D eigenvalue weighted by Crippen LogP contribution is -2.13. The SMILES string of the molecule is C=C(C=N/C(=C\C)C(CCC)CC(C)=O)C(F)(F)F. The van der Waals surface area contributed by atoms with Gasteiger partial charge in [-0.1, -0.05) is 26.0 Å². The Hall–Kier alpha value is -1.39. The lowest BCUT2D eigenvalue weighted by atomic mass is 9.94. The van der Waals surface area contributed by atoms with Gasteiger partial charge in [0.15, 0.2) is 0 Å².